The molecular weight excluding hydrogens is 228 g/mol. The van der Waals surface area contributed by atoms with Gasteiger partial charge in [-0.2, -0.15) is 0 Å². The fourth-order valence-corrected chi connectivity index (χ4v) is 2.52. The number of nitrogens with one attached hydrogen (secondary N) is 1. The minimum absolute atomic E-state index is 0.0657. The Bertz CT molecular complexity index is 434. The number of Topliss-reactive ketones (excluding diaryl/α,β-unsaturated/α-hetero) is 1. The lowest BCUT2D eigenvalue weighted by Gasteiger charge is -2.42. The van der Waals surface area contributed by atoms with Crippen LogP contribution in [0.4, 0.5) is 5.69 Å². The largest absolute Gasteiger partial charge is 0.394 e. The summed E-state index contributed by atoms with van der Waals surface area (Å²) in [7, 11) is 0. The lowest BCUT2D eigenvalue weighted by atomic mass is 10.1. The Morgan fingerprint density at radius 1 is 1.50 bits per heavy atom. The molecule has 1 aromatic carbocycles. The maximum atomic E-state index is 11.4. The van der Waals surface area contributed by atoms with Crippen molar-refractivity contribution in [2.75, 3.05) is 24.6 Å². The molecule has 0 radical (unpaired) electrons. The Hall–Kier alpha value is -1.39. The van der Waals surface area contributed by atoms with Crippen LogP contribution in [0.15, 0.2) is 24.3 Å². The molecule has 18 heavy (non-hydrogen) atoms. The van der Waals surface area contributed by atoms with Gasteiger partial charge in [0.15, 0.2) is 5.78 Å². The highest BCUT2D eigenvalue weighted by atomic mass is 16.3. The second-order valence-corrected chi connectivity index (χ2v) is 4.86. The predicted octanol–water partition coefficient (Wildman–Crippen LogP) is 1.05. The molecule has 4 heteroatoms. The third-order valence-electron chi connectivity index (χ3n) is 3.45. The van der Waals surface area contributed by atoms with Crippen LogP contribution in [0.1, 0.15) is 24.2 Å². The topological polar surface area (TPSA) is 52.6 Å². The summed E-state index contributed by atoms with van der Waals surface area (Å²) in [6.07, 6.45) is 0. The highest BCUT2D eigenvalue weighted by Crippen LogP contribution is 2.23. The van der Waals surface area contributed by atoms with Crippen molar-refractivity contribution >= 4 is 11.5 Å². The van der Waals surface area contributed by atoms with Crippen LogP contribution in [-0.2, 0) is 0 Å². The van der Waals surface area contributed by atoms with Gasteiger partial charge >= 0.3 is 0 Å². The Kier molecular flexibility index (Phi) is 3.99. The first-order chi connectivity index (χ1) is 8.63. The summed E-state index contributed by atoms with van der Waals surface area (Å²) in [6.45, 7) is 5.46. The molecule has 0 saturated carbocycles. The zero-order valence-electron chi connectivity index (χ0n) is 10.9. The first-order valence-electron chi connectivity index (χ1n) is 6.34. The molecule has 2 unspecified atom stereocenters. The molecule has 1 fully saturated rings. The number of carbonyl (C=O) groups excluding carboxylic acids is 1. The number of benzene rings is 1. The van der Waals surface area contributed by atoms with Gasteiger partial charge in [0.1, 0.15) is 0 Å². The molecule has 0 amide bonds. The average molecular weight is 248 g/mol. The molecule has 2 atom stereocenters. The summed E-state index contributed by atoms with van der Waals surface area (Å²) in [5.74, 6) is 0.0696. The van der Waals surface area contributed by atoms with Crippen molar-refractivity contribution in [3.05, 3.63) is 29.8 Å². The van der Waals surface area contributed by atoms with Gasteiger partial charge in [-0.15, -0.1) is 0 Å². The van der Waals surface area contributed by atoms with Gasteiger partial charge in [-0.25, -0.2) is 0 Å². The quantitative estimate of drug-likeness (QED) is 0.785. The van der Waals surface area contributed by atoms with E-state index in [-0.39, 0.29) is 18.4 Å². The van der Waals surface area contributed by atoms with Gasteiger partial charge in [0, 0.05) is 30.4 Å². The third-order valence-corrected chi connectivity index (χ3v) is 3.45. The molecule has 0 bridgehead atoms. The van der Waals surface area contributed by atoms with Crippen molar-refractivity contribution in [3.8, 4) is 0 Å². The van der Waals surface area contributed by atoms with Crippen LogP contribution in [-0.4, -0.2) is 42.7 Å². The van der Waals surface area contributed by atoms with Crippen molar-refractivity contribution in [2.45, 2.75) is 25.9 Å². The van der Waals surface area contributed by atoms with Crippen LogP contribution >= 0.6 is 0 Å². The minimum atomic E-state index is 0.0657. The van der Waals surface area contributed by atoms with Crippen molar-refractivity contribution < 1.29 is 9.90 Å². The second-order valence-electron chi connectivity index (χ2n) is 4.86. The van der Waals surface area contributed by atoms with Gasteiger partial charge < -0.3 is 15.3 Å². The molecule has 2 rings (SSSR count). The molecule has 0 aliphatic carbocycles. The molecule has 1 heterocycles. The molecule has 0 spiro atoms. The summed E-state index contributed by atoms with van der Waals surface area (Å²) < 4.78 is 0. The number of piperazine rings is 1. The highest BCUT2D eigenvalue weighted by Gasteiger charge is 2.27. The summed E-state index contributed by atoms with van der Waals surface area (Å²) >= 11 is 0. The number of hydrogen-bond donors (Lipinski definition) is 2. The first-order valence-corrected chi connectivity index (χ1v) is 6.34. The molecule has 98 valence electrons. The normalized spacial score (nSPS) is 24.1. The minimum Gasteiger partial charge on any atom is -0.394 e. The van der Waals surface area contributed by atoms with E-state index in [4.69, 9.17) is 0 Å². The van der Waals surface area contributed by atoms with Crippen LogP contribution in [0.25, 0.3) is 0 Å². The number of aliphatic hydroxyl groups is 1. The maximum absolute atomic E-state index is 11.4. The number of hydrogen-bond acceptors (Lipinski definition) is 4. The number of carbonyl (C=O) groups is 1. The van der Waals surface area contributed by atoms with Crippen LogP contribution in [0.5, 0.6) is 0 Å². The Balaban J connectivity index is 2.32. The zero-order valence-corrected chi connectivity index (χ0v) is 10.9. The number of ketones is 1. The van der Waals surface area contributed by atoms with Crippen molar-refractivity contribution in [1.29, 1.82) is 0 Å². The smallest absolute Gasteiger partial charge is 0.159 e. The van der Waals surface area contributed by atoms with Crippen molar-refractivity contribution in [2.24, 2.45) is 0 Å². The van der Waals surface area contributed by atoms with Crippen molar-refractivity contribution in [1.82, 2.24) is 5.32 Å². The van der Waals surface area contributed by atoms with E-state index in [2.05, 4.69) is 17.1 Å². The van der Waals surface area contributed by atoms with E-state index in [1.54, 1.807) is 6.92 Å². The van der Waals surface area contributed by atoms with E-state index >= 15 is 0 Å². The zero-order chi connectivity index (χ0) is 13.1. The molecule has 1 saturated heterocycles. The molecule has 2 N–H and O–H groups in total. The first kappa shape index (κ1) is 13.1. The molecule has 0 aromatic heterocycles. The second kappa shape index (κ2) is 5.50. The Morgan fingerprint density at radius 2 is 2.28 bits per heavy atom. The van der Waals surface area contributed by atoms with E-state index in [1.807, 2.05) is 24.3 Å². The highest BCUT2D eigenvalue weighted by molar-refractivity contribution is 5.95. The molecular formula is C14H20N2O2. The number of nitrogens with zero attached hydrogens (tertiary/aromatic N) is 1. The van der Waals surface area contributed by atoms with E-state index in [9.17, 15) is 9.90 Å². The maximum Gasteiger partial charge on any atom is 0.159 e. The standard InChI is InChI=1S/C14H20N2O2/c1-10-7-15-8-14(9-17)16(10)13-5-3-4-12(6-13)11(2)18/h3-6,10,14-15,17H,7-9H2,1-2H3. The van der Waals surface area contributed by atoms with Gasteiger partial charge in [-0.1, -0.05) is 12.1 Å². The molecule has 1 aromatic rings. The van der Waals surface area contributed by atoms with Gasteiger partial charge in [0.25, 0.3) is 0 Å². The monoisotopic (exact) mass is 248 g/mol. The fraction of sp³-hybridized carbons (Fsp3) is 0.500. The predicted molar refractivity (Wildman–Crippen MR) is 72.1 cm³/mol. The summed E-state index contributed by atoms with van der Waals surface area (Å²) in [6, 6.07) is 8.00. The lowest BCUT2D eigenvalue weighted by molar-refractivity contribution is 0.101. The fourth-order valence-electron chi connectivity index (χ4n) is 2.52. The number of anilines is 1. The molecule has 4 nitrogen and oxygen atoms in total. The van der Waals surface area contributed by atoms with E-state index in [0.717, 1.165) is 24.3 Å². The molecule has 1 aliphatic heterocycles. The summed E-state index contributed by atoms with van der Waals surface area (Å²) in [5, 5.41) is 12.8. The van der Waals surface area contributed by atoms with Crippen LogP contribution in [0.2, 0.25) is 0 Å². The Labute approximate surface area is 108 Å². The van der Waals surface area contributed by atoms with E-state index in [0.29, 0.717) is 6.04 Å². The van der Waals surface area contributed by atoms with Gasteiger partial charge in [0.2, 0.25) is 0 Å². The van der Waals surface area contributed by atoms with Crippen LogP contribution in [0, 0.1) is 0 Å². The third kappa shape index (κ3) is 2.54. The SMILES string of the molecule is CC(=O)c1cccc(N2C(C)CNCC2CO)c1. The van der Waals surface area contributed by atoms with Crippen LogP contribution in [0.3, 0.4) is 0 Å². The van der Waals surface area contributed by atoms with E-state index < -0.39 is 0 Å². The Morgan fingerprint density at radius 3 is 2.94 bits per heavy atom. The van der Waals surface area contributed by atoms with Gasteiger partial charge in [-0.3, -0.25) is 4.79 Å². The van der Waals surface area contributed by atoms with Crippen LogP contribution < -0.4 is 10.2 Å². The van der Waals surface area contributed by atoms with Gasteiger partial charge in [0.05, 0.1) is 12.6 Å². The van der Waals surface area contributed by atoms with Crippen molar-refractivity contribution in [3.63, 3.8) is 0 Å². The number of rotatable bonds is 3. The molecule has 1 aliphatic rings. The van der Waals surface area contributed by atoms with E-state index in [1.165, 1.54) is 0 Å². The lowest BCUT2D eigenvalue weighted by Crippen LogP contribution is -2.58. The average Bonchev–Trinajstić information content (AvgIpc) is 2.38. The number of aliphatic hydroxyl groups excluding tert-OH is 1. The van der Waals surface area contributed by atoms with Gasteiger partial charge in [-0.05, 0) is 26.0 Å². The summed E-state index contributed by atoms with van der Waals surface area (Å²) in [4.78, 5) is 13.6. The summed E-state index contributed by atoms with van der Waals surface area (Å²) in [5.41, 5.74) is 1.73.